The van der Waals surface area contributed by atoms with Gasteiger partial charge in [-0.2, -0.15) is 0 Å². The van der Waals surface area contributed by atoms with Crippen molar-refractivity contribution in [2.24, 2.45) is 0 Å². The molecule has 3 rings (SSSR count). The molecule has 1 aromatic heterocycles. The lowest BCUT2D eigenvalue weighted by Gasteiger charge is -2.07. The van der Waals surface area contributed by atoms with E-state index in [9.17, 15) is 0 Å². The highest BCUT2D eigenvalue weighted by Gasteiger charge is 2.04. The van der Waals surface area contributed by atoms with Crippen molar-refractivity contribution in [1.29, 1.82) is 0 Å². The number of nitrogens with zero attached hydrogens (tertiary/aromatic N) is 2. The number of ether oxygens (including phenoxy) is 1. The van der Waals surface area contributed by atoms with Crippen LogP contribution in [0.5, 0.6) is 5.75 Å². The molecule has 0 radical (unpaired) electrons. The van der Waals surface area contributed by atoms with Crippen LogP contribution in [0.1, 0.15) is 26.7 Å². The van der Waals surface area contributed by atoms with Gasteiger partial charge >= 0.3 is 0 Å². The Labute approximate surface area is 158 Å². The van der Waals surface area contributed by atoms with Crippen LogP contribution in [0.2, 0.25) is 6.04 Å². The number of benzene rings is 2. The van der Waals surface area contributed by atoms with Crippen LogP contribution in [0.4, 0.5) is 0 Å². The van der Waals surface area contributed by atoms with Gasteiger partial charge in [0.1, 0.15) is 5.75 Å². The zero-order valence-corrected chi connectivity index (χ0v) is 17.0. The highest BCUT2D eigenvalue weighted by Crippen LogP contribution is 2.25. The maximum absolute atomic E-state index is 5.73. The molecule has 3 aromatic rings. The molecule has 0 saturated carbocycles. The summed E-state index contributed by atoms with van der Waals surface area (Å²) in [6.45, 7) is 5.18. The minimum absolute atomic E-state index is 0.184. The minimum atomic E-state index is -0.184. The average Bonchev–Trinajstić information content (AvgIpc) is 2.70. The van der Waals surface area contributed by atoms with E-state index in [1.165, 1.54) is 22.4 Å². The Bertz CT molecular complexity index is 799. The standard InChI is InChI=1S/C22H26N2OSi/c1-3-5-14-25-20-12-10-18(11-13-20)17-6-8-19(9-7-17)22-23-15-21(16-24-22)26-4-2/h6-13,15-16H,3-5,14,26H2,1-2H3. The van der Waals surface area contributed by atoms with Crippen LogP contribution in [-0.2, 0) is 0 Å². The molecule has 0 fully saturated rings. The maximum atomic E-state index is 5.73. The van der Waals surface area contributed by atoms with E-state index in [0.717, 1.165) is 36.6 Å². The van der Waals surface area contributed by atoms with Gasteiger partial charge in [-0.05, 0) is 34.9 Å². The normalized spacial score (nSPS) is 11.2. The van der Waals surface area contributed by atoms with Crippen LogP contribution in [0.15, 0.2) is 60.9 Å². The van der Waals surface area contributed by atoms with E-state index >= 15 is 0 Å². The molecule has 26 heavy (non-hydrogen) atoms. The van der Waals surface area contributed by atoms with Gasteiger partial charge in [0, 0.05) is 18.0 Å². The lowest BCUT2D eigenvalue weighted by Crippen LogP contribution is -2.14. The predicted octanol–water partition coefficient (Wildman–Crippen LogP) is 4.22. The molecule has 0 bridgehead atoms. The van der Waals surface area contributed by atoms with Gasteiger partial charge in [0.2, 0.25) is 0 Å². The van der Waals surface area contributed by atoms with Gasteiger partial charge in [0.15, 0.2) is 5.82 Å². The van der Waals surface area contributed by atoms with Crippen LogP contribution < -0.4 is 9.92 Å². The monoisotopic (exact) mass is 362 g/mol. The Morgan fingerprint density at radius 3 is 1.96 bits per heavy atom. The first-order chi connectivity index (χ1) is 12.8. The summed E-state index contributed by atoms with van der Waals surface area (Å²) in [5.74, 6) is 1.73. The molecule has 0 saturated heterocycles. The molecular formula is C22H26N2OSi. The molecule has 4 heteroatoms. The third kappa shape index (κ3) is 4.79. The van der Waals surface area contributed by atoms with Crippen LogP contribution >= 0.6 is 0 Å². The van der Waals surface area contributed by atoms with Crippen molar-refractivity contribution in [2.45, 2.75) is 32.7 Å². The predicted molar refractivity (Wildman–Crippen MR) is 112 cm³/mol. The molecular weight excluding hydrogens is 336 g/mol. The molecule has 134 valence electrons. The molecule has 0 aliphatic heterocycles. The van der Waals surface area contributed by atoms with Crippen molar-refractivity contribution >= 4 is 14.7 Å². The van der Waals surface area contributed by atoms with Crippen molar-refractivity contribution in [3.05, 3.63) is 60.9 Å². The Morgan fingerprint density at radius 2 is 1.38 bits per heavy atom. The first kappa shape index (κ1) is 18.3. The maximum Gasteiger partial charge on any atom is 0.159 e. The van der Waals surface area contributed by atoms with Gasteiger partial charge in [-0.1, -0.05) is 62.7 Å². The fraction of sp³-hybridized carbons (Fsp3) is 0.273. The highest BCUT2D eigenvalue weighted by atomic mass is 28.2. The SMILES string of the molecule is CCCCOc1ccc(-c2ccc(-c3ncc([SiH2]CC)cn3)cc2)cc1. The molecule has 0 unspecified atom stereocenters. The Hall–Kier alpha value is -2.46. The third-order valence-corrected chi connectivity index (χ3v) is 5.78. The Morgan fingerprint density at radius 1 is 0.808 bits per heavy atom. The summed E-state index contributed by atoms with van der Waals surface area (Å²) in [7, 11) is -0.184. The Kier molecular flexibility index (Phi) is 6.55. The van der Waals surface area contributed by atoms with Gasteiger partial charge in [0.25, 0.3) is 0 Å². The van der Waals surface area contributed by atoms with Crippen LogP contribution in [0.3, 0.4) is 0 Å². The first-order valence-electron chi connectivity index (χ1n) is 9.44. The first-order valence-corrected chi connectivity index (χ1v) is 11.2. The molecule has 0 aliphatic rings. The zero-order valence-electron chi connectivity index (χ0n) is 15.6. The molecule has 0 spiro atoms. The van der Waals surface area contributed by atoms with Crippen molar-refractivity contribution in [1.82, 2.24) is 9.97 Å². The minimum Gasteiger partial charge on any atom is -0.494 e. The summed E-state index contributed by atoms with van der Waals surface area (Å²) in [5, 5.41) is 1.33. The van der Waals surface area contributed by atoms with Gasteiger partial charge in [-0.15, -0.1) is 0 Å². The van der Waals surface area contributed by atoms with E-state index in [-0.39, 0.29) is 9.52 Å². The van der Waals surface area contributed by atoms with E-state index in [1.807, 2.05) is 24.5 Å². The van der Waals surface area contributed by atoms with Gasteiger partial charge < -0.3 is 4.74 Å². The van der Waals surface area contributed by atoms with E-state index in [1.54, 1.807) is 0 Å². The lowest BCUT2D eigenvalue weighted by atomic mass is 10.0. The molecule has 0 N–H and O–H groups in total. The van der Waals surface area contributed by atoms with E-state index in [4.69, 9.17) is 4.74 Å². The quantitative estimate of drug-likeness (QED) is 0.444. The van der Waals surface area contributed by atoms with Crippen LogP contribution in [0, 0.1) is 0 Å². The summed E-state index contributed by atoms with van der Waals surface area (Å²) < 4.78 is 5.73. The van der Waals surface area contributed by atoms with Crippen molar-refractivity contribution in [2.75, 3.05) is 6.61 Å². The molecule has 0 amide bonds. The van der Waals surface area contributed by atoms with Crippen molar-refractivity contribution < 1.29 is 4.74 Å². The molecule has 0 atom stereocenters. The van der Waals surface area contributed by atoms with Crippen LogP contribution in [-0.4, -0.2) is 26.1 Å². The summed E-state index contributed by atoms with van der Waals surface area (Å²) in [6, 6.07) is 18.0. The Balaban J connectivity index is 1.68. The smallest absolute Gasteiger partial charge is 0.159 e. The lowest BCUT2D eigenvalue weighted by molar-refractivity contribution is 0.309. The topological polar surface area (TPSA) is 35.0 Å². The van der Waals surface area contributed by atoms with Crippen molar-refractivity contribution in [3.8, 4) is 28.3 Å². The summed E-state index contributed by atoms with van der Waals surface area (Å²) in [4.78, 5) is 9.05. The summed E-state index contributed by atoms with van der Waals surface area (Å²) in [5.41, 5.74) is 3.42. The van der Waals surface area contributed by atoms with E-state index in [2.05, 4.69) is 60.2 Å². The average molecular weight is 363 g/mol. The van der Waals surface area contributed by atoms with Gasteiger partial charge in [-0.25, -0.2) is 9.97 Å². The van der Waals surface area contributed by atoms with Gasteiger partial charge in [0.05, 0.1) is 16.1 Å². The van der Waals surface area contributed by atoms with E-state index < -0.39 is 0 Å². The summed E-state index contributed by atoms with van der Waals surface area (Å²) in [6.07, 6.45) is 6.22. The second-order valence-electron chi connectivity index (χ2n) is 6.47. The van der Waals surface area contributed by atoms with Crippen molar-refractivity contribution in [3.63, 3.8) is 0 Å². The number of rotatable bonds is 8. The summed E-state index contributed by atoms with van der Waals surface area (Å²) >= 11 is 0. The fourth-order valence-electron chi connectivity index (χ4n) is 2.81. The third-order valence-electron chi connectivity index (χ3n) is 4.34. The zero-order chi connectivity index (χ0) is 18.2. The van der Waals surface area contributed by atoms with Gasteiger partial charge in [-0.3, -0.25) is 0 Å². The number of aromatic nitrogens is 2. The highest BCUT2D eigenvalue weighted by molar-refractivity contribution is 6.53. The second kappa shape index (κ2) is 9.29. The number of hydrogen-bond donors (Lipinski definition) is 0. The van der Waals surface area contributed by atoms with E-state index in [0.29, 0.717) is 0 Å². The fourth-order valence-corrected chi connectivity index (χ4v) is 3.83. The molecule has 1 heterocycles. The number of hydrogen-bond acceptors (Lipinski definition) is 3. The molecule has 0 aliphatic carbocycles. The largest absolute Gasteiger partial charge is 0.494 e. The molecule has 2 aromatic carbocycles. The second-order valence-corrected chi connectivity index (χ2v) is 8.79. The number of unbranched alkanes of at least 4 members (excludes halogenated alkanes) is 1. The van der Waals surface area contributed by atoms with Crippen LogP contribution in [0.25, 0.3) is 22.5 Å². The molecule has 3 nitrogen and oxygen atoms in total.